The van der Waals surface area contributed by atoms with E-state index < -0.39 is 0 Å². The Hall–Kier alpha value is -0.521. The summed E-state index contributed by atoms with van der Waals surface area (Å²) in [5, 5.41) is 2.59. The SMILES string of the molecule is CC(=[Se])CC(=[Se])c1ccc2ccccc2c1. The molecule has 2 aromatic rings. The zero-order valence-corrected chi connectivity index (χ0v) is 12.5. The third-order valence-corrected chi connectivity index (χ3v) is 3.58. The van der Waals surface area contributed by atoms with Crippen LogP contribution in [0.15, 0.2) is 42.5 Å². The Morgan fingerprint density at radius 3 is 2.38 bits per heavy atom. The van der Waals surface area contributed by atoms with Gasteiger partial charge in [0.25, 0.3) is 0 Å². The van der Waals surface area contributed by atoms with Gasteiger partial charge in [-0.05, 0) is 0 Å². The topological polar surface area (TPSA) is 0 Å². The van der Waals surface area contributed by atoms with Gasteiger partial charge in [0.05, 0.1) is 0 Å². The molecule has 0 aliphatic rings. The van der Waals surface area contributed by atoms with Crippen LogP contribution in [0.3, 0.4) is 0 Å². The minimum absolute atomic E-state index is 0.984. The van der Waals surface area contributed by atoms with Gasteiger partial charge in [0.1, 0.15) is 0 Å². The standard InChI is InChI=1S/C14H12Se2/c1-10(15)8-14(16)13-7-6-11-4-2-3-5-12(11)9-13/h2-7,9H,8H2,1H3. The molecular formula is C14H12Se2. The van der Waals surface area contributed by atoms with Crippen molar-refractivity contribution in [1.29, 1.82) is 0 Å². The van der Waals surface area contributed by atoms with Crippen LogP contribution < -0.4 is 0 Å². The molecule has 0 saturated heterocycles. The molecule has 0 aliphatic carbocycles. The van der Waals surface area contributed by atoms with E-state index >= 15 is 0 Å². The minimum atomic E-state index is 0.984. The predicted octanol–water partition coefficient (Wildman–Crippen LogP) is 2.28. The summed E-state index contributed by atoms with van der Waals surface area (Å²) in [6, 6.07) is 15.0. The number of fused-ring (bicyclic) bond motifs is 1. The molecule has 0 fully saturated rings. The summed E-state index contributed by atoms with van der Waals surface area (Å²) in [5.41, 5.74) is 1.29. The third kappa shape index (κ3) is 2.78. The second kappa shape index (κ2) is 5.21. The number of rotatable bonds is 3. The predicted molar refractivity (Wildman–Crippen MR) is 74.9 cm³/mol. The van der Waals surface area contributed by atoms with Crippen molar-refractivity contribution in [2.45, 2.75) is 13.3 Å². The maximum absolute atomic E-state index is 3.17. The van der Waals surface area contributed by atoms with Crippen LogP contribution in [0, 0.1) is 0 Å². The van der Waals surface area contributed by atoms with Gasteiger partial charge < -0.3 is 0 Å². The molecule has 0 radical (unpaired) electrons. The summed E-state index contributed by atoms with van der Waals surface area (Å²) >= 11 is 6.22. The summed E-state index contributed by atoms with van der Waals surface area (Å²) in [6.07, 6.45) is 0.984. The average Bonchev–Trinajstić information content (AvgIpc) is 2.27. The molecule has 0 nitrogen and oxygen atoms in total. The normalized spacial score (nSPS) is 10.3. The molecule has 0 saturated carbocycles. The fourth-order valence-corrected chi connectivity index (χ4v) is 3.18. The Labute approximate surface area is 112 Å². The van der Waals surface area contributed by atoms with Crippen LogP contribution in [0.2, 0.25) is 0 Å². The Morgan fingerprint density at radius 1 is 1.00 bits per heavy atom. The third-order valence-electron chi connectivity index (χ3n) is 2.48. The van der Waals surface area contributed by atoms with Crippen LogP contribution in [-0.4, -0.2) is 40.0 Å². The molecule has 0 N–H and O–H groups in total. The Morgan fingerprint density at radius 2 is 1.69 bits per heavy atom. The molecule has 2 heteroatoms. The molecule has 2 aromatic carbocycles. The van der Waals surface area contributed by atoms with Gasteiger partial charge >= 0.3 is 112 Å². The molecule has 2 rings (SSSR count). The number of hydrogen-bond acceptors (Lipinski definition) is 0. The Bertz CT molecular complexity index is 555. The van der Waals surface area contributed by atoms with Crippen molar-refractivity contribution in [1.82, 2.24) is 0 Å². The molecule has 0 spiro atoms. The van der Waals surface area contributed by atoms with Gasteiger partial charge in [-0.1, -0.05) is 0 Å². The van der Waals surface area contributed by atoms with Gasteiger partial charge in [0.2, 0.25) is 0 Å². The summed E-state index contributed by atoms with van der Waals surface area (Å²) < 4.78 is 2.60. The van der Waals surface area contributed by atoms with E-state index in [-0.39, 0.29) is 0 Å². The molecule has 0 heterocycles. The van der Waals surface area contributed by atoms with Crippen molar-refractivity contribution >= 4 is 50.8 Å². The molecule has 0 atom stereocenters. The Kier molecular flexibility index (Phi) is 3.89. The molecular weight excluding hydrogens is 326 g/mol. The van der Waals surface area contributed by atoms with Crippen molar-refractivity contribution in [2.75, 3.05) is 0 Å². The van der Waals surface area contributed by atoms with Crippen LogP contribution >= 0.6 is 0 Å². The van der Waals surface area contributed by atoms with Gasteiger partial charge in [-0.3, -0.25) is 0 Å². The fraction of sp³-hybridized carbons (Fsp3) is 0.143. The molecule has 0 amide bonds. The number of hydrogen-bond donors (Lipinski definition) is 0. The van der Waals surface area contributed by atoms with Crippen molar-refractivity contribution in [3.63, 3.8) is 0 Å². The van der Waals surface area contributed by atoms with E-state index in [1.165, 1.54) is 25.2 Å². The van der Waals surface area contributed by atoms with Crippen molar-refractivity contribution in [3.05, 3.63) is 48.0 Å². The van der Waals surface area contributed by atoms with E-state index in [9.17, 15) is 0 Å². The first-order valence-electron chi connectivity index (χ1n) is 5.18. The first kappa shape index (κ1) is 11.9. The second-order valence-corrected chi connectivity index (χ2v) is 6.36. The molecule has 0 aliphatic heterocycles. The zero-order valence-electron chi connectivity index (χ0n) is 9.07. The second-order valence-electron chi connectivity index (χ2n) is 3.86. The van der Waals surface area contributed by atoms with E-state index in [0.29, 0.717) is 0 Å². The van der Waals surface area contributed by atoms with Crippen molar-refractivity contribution in [2.24, 2.45) is 0 Å². The summed E-state index contributed by atoms with van der Waals surface area (Å²) in [5.74, 6) is 0. The molecule has 16 heavy (non-hydrogen) atoms. The van der Waals surface area contributed by atoms with Gasteiger partial charge in [0, 0.05) is 0 Å². The monoisotopic (exact) mass is 340 g/mol. The van der Waals surface area contributed by atoms with Gasteiger partial charge in [-0.15, -0.1) is 0 Å². The number of benzene rings is 2. The van der Waals surface area contributed by atoms with E-state index in [2.05, 4.69) is 80.5 Å². The van der Waals surface area contributed by atoms with Gasteiger partial charge in [0.15, 0.2) is 0 Å². The summed E-state index contributed by atoms with van der Waals surface area (Å²) in [4.78, 5) is 0. The Balaban J connectivity index is 2.39. The average molecular weight is 338 g/mol. The summed E-state index contributed by atoms with van der Waals surface area (Å²) in [7, 11) is 0. The van der Waals surface area contributed by atoms with E-state index in [4.69, 9.17) is 0 Å². The van der Waals surface area contributed by atoms with E-state index in [0.717, 1.165) is 6.42 Å². The van der Waals surface area contributed by atoms with Crippen molar-refractivity contribution < 1.29 is 0 Å². The van der Waals surface area contributed by atoms with Gasteiger partial charge in [-0.25, -0.2) is 0 Å². The first-order chi connectivity index (χ1) is 7.66. The quantitative estimate of drug-likeness (QED) is 0.754. The molecule has 0 bridgehead atoms. The van der Waals surface area contributed by atoms with Crippen LogP contribution in [-0.2, 0) is 0 Å². The molecule has 0 unspecified atom stereocenters. The van der Waals surface area contributed by atoms with Crippen LogP contribution in [0.4, 0.5) is 0 Å². The molecule has 0 aromatic heterocycles. The van der Waals surface area contributed by atoms with Crippen LogP contribution in [0.1, 0.15) is 18.9 Å². The fourth-order valence-electron chi connectivity index (χ4n) is 1.69. The van der Waals surface area contributed by atoms with Gasteiger partial charge in [-0.2, -0.15) is 0 Å². The summed E-state index contributed by atoms with van der Waals surface area (Å²) in [6.45, 7) is 2.11. The zero-order chi connectivity index (χ0) is 11.5. The first-order valence-corrected chi connectivity index (χ1v) is 6.89. The van der Waals surface area contributed by atoms with E-state index in [1.54, 1.807) is 0 Å². The van der Waals surface area contributed by atoms with E-state index in [1.807, 2.05) is 0 Å². The van der Waals surface area contributed by atoms with Crippen LogP contribution in [0.25, 0.3) is 10.8 Å². The maximum atomic E-state index is 3.17. The van der Waals surface area contributed by atoms with Crippen molar-refractivity contribution in [3.8, 4) is 0 Å². The van der Waals surface area contributed by atoms with Crippen LogP contribution in [0.5, 0.6) is 0 Å². The molecule has 80 valence electrons.